The topological polar surface area (TPSA) is 75.4 Å². The third-order valence-electron chi connectivity index (χ3n) is 2.21. The fraction of sp³-hybridized carbons (Fsp3) is 0.273. The number of hydrogen-bond acceptors (Lipinski definition) is 4. The molecule has 0 aliphatic carbocycles. The molecule has 0 unspecified atom stereocenters. The summed E-state index contributed by atoms with van der Waals surface area (Å²) in [6, 6.07) is 4.67. The van der Waals surface area contributed by atoms with Crippen LogP contribution in [0.25, 0.3) is 11.1 Å². The van der Waals surface area contributed by atoms with Crippen molar-refractivity contribution in [1.82, 2.24) is 4.98 Å². The number of carboxylic acids is 1. The Morgan fingerprint density at radius 2 is 2.35 bits per heavy atom. The van der Waals surface area contributed by atoms with Gasteiger partial charge in [-0.3, -0.25) is 4.79 Å². The van der Waals surface area contributed by atoms with E-state index in [-0.39, 0.29) is 18.0 Å². The zero-order chi connectivity index (χ0) is 12.3. The zero-order valence-corrected chi connectivity index (χ0v) is 8.94. The summed E-state index contributed by atoms with van der Waals surface area (Å²) < 4.78 is 18.5. The van der Waals surface area contributed by atoms with Crippen LogP contribution >= 0.6 is 0 Å². The van der Waals surface area contributed by atoms with Gasteiger partial charge in [0.25, 0.3) is 6.01 Å². The van der Waals surface area contributed by atoms with Crippen LogP contribution in [0.2, 0.25) is 0 Å². The molecule has 0 radical (unpaired) electrons. The minimum absolute atomic E-state index is 0.0710. The van der Waals surface area contributed by atoms with Crippen molar-refractivity contribution in [1.29, 1.82) is 0 Å². The maximum Gasteiger partial charge on any atom is 0.303 e. The highest BCUT2D eigenvalue weighted by molar-refractivity contribution is 5.74. The van der Waals surface area contributed by atoms with E-state index in [0.717, 1.165) is 0 Å². The number of fused-ring (bicyclic) bond motifs is 1. The summed E-state index contributed by atoms with van der Waals surface area (Å²) >= 11 is 0. The average molecular weight is 238 g/mol. The third kappa shape index (κ3) is 2.72. The van der Waals surface area contributed by atoms with Gasteiger partial charge in [-0.05, 0) is 18.6 Å². The van der Waals surface area contributed by atoms with Gasteiger partial charge in [0, 0.05) is 13.0 Å². The van der Waals surface area contributed by atoms with Crippen LogP contribution in [-0.2, 0) is 4.79 Å². The normalized spacial score (nSPS) is 10.6. The van der Waals surface area contributed by atoms with E-state index in [1.807, 2.05) is 0 Å². The summed E-state index contributed by atoms with van der Waals surface area (Å²) in [5.74, 6) is -1.29. The molecule has 6 heteroatoms. The number of anilines is 1. The molecule has 5 nitrogen and oxygen atoms in total. The van der Waals surface area contributed by atoms with Gasteiger partial charge >= 0.3 is 5.97 Å². The number of aromatic nitrogens is 1. The van der Waals surface area contributed by atoms with E-state index in [0.29, 0.717) is 18.5 Å². The summed E-state index contributed by atoms with van der Waals surface area (Å²) in [5.41, 5.74) is 0.541. The molecule has 2 rings (SSSR count). The standard InChI is InChI=1S/C11H11FN2O3/c12-7-3-1-4-8-10(7)14-11(17-8)13-6-2-5-9(15)16/h1,3-4H,2,5-6H2,(H,13,14)(H,15,16). The first-order chi connectivity index (χ1) is 8.16. The molecule has 17 heavy (non-hydrogen) atoms. The van der Waals surface area contributed by atoms with Crippen LogP contribution in [0, 0.1) is 5.82 Å². The molecule has 2 N–H and O–H groups in total. The second kappa shape index (κ2) is 4.82. The molecule has 1 aromatic carbocycles. The van der Waals surface area contributed by atoms with Gasteiger partial charge in [-0.1, -0.05) is 6.07 Å². The number of oxazole rings is 1. The molecule has 0 fully saturated rings. The Hall–Kier alpha value is -2.11. The fourth-order valence-electron chi connectivity index (χ4n) is 1.43. The predicted octanol–water partition coefficient (Wildman–Crippen LogP) is 2.24. The van der Waals surface area contributed by atoms with Crippen molar-refractivity contribution in [2.75, 3.05) is 11.9 Å². The molecule has 0 spiro atoms. The predicted molar refractivity (Wildman–Crippen MR) is 59.3 cm³/mol. The van der Waals surface area contributed by atoms with Gasteiger partial charge in [-0.2, -0.15) is 4.98 Å². The van der Waals surface area contributed by atoms with E-state index in [1.54, 1.807) is 6.07 Å². The molecule has 0 aliphatic rings. The van der Waals surface area contributed by atoms with Crippen molar-refractivity contribution in [2.45, 2.75) is 12.8 Å². The van der Waals surface area contributed by atoms with Crippen molar-refractivity contribution in [2.24, 2.45) is 0 Å². The first-order valence-electron chi connectivity index (χ1n) is 5.17. The molecule has 0 bridgehead atoms. The number of carboxylic acid groups (broad SMARTS) is 1. The monoisotopic (exact) mass is 238 g/mol. The van der Waals surface area contributed by atoms with E-state index < -0.39 is 11.8 Å². The summed E-state index contributed by atoms with van der Waals surface area (Å²) in [4.78, 5) is 14.2. The third-order valence-corrected chi connectivity index (χ3v) is 2.21. The van der Waals surface area contributed by atoms with Crippen molar-refractivity contribution in [3.63, 3.8) is 0 Å². The minimum atomic E-state index is -0.851. The number of rotatable bonds is 5. The molecule has 1 heterocycles. The number of para-hydroxylation sites is 1. The van der Waals surface area contributed by atoms with E-state index >= 15 is 0 Å². The lowest BCUT2D eigenvalue weighted by molar-refractivity contribution is -0.137. The molecule has 0 saturated heterocycles. The molecule has 0 saturated carbocycles. The van der Waals surface area contributed by atoms with Gasteiger partial charge in [0.15, 0.2) is 11.4 Å². The second-order valence-corrected chi connectivity index (χ2v) is 3.53. The number of nitrogens with zero attached hydrogens (tertiary/aromatic N) is 1. The number of aliphatic carboxylic acids is 1. The van der Waals surface area contributed by atoms with Crippen molar-refractivity contribution < 1.29 is 18.7 Å². The first-order valence-corrected chi connectivity index (χ1v) is 5.17. The number of hydrogen-bond donors (Lipinski definition) is 2. The van der Waals surface area contributed by atoms with Gasteiger partial charge in [0.05, 0.1) is 0 Å². The first kappa shape index (κ1) is 11.4. The quantitative estimate of drug-likeness (QED) is 0.781. The summed E-state index contributed by atoms with van der Waals surface area (Å²) in [6.07, 6.45) is 0.526. The van der Waals surface area contributed by atoms with Gasteiger partial charge in [0.2, 0.25) is 0 Å². The Labute approximate surface area is 96.3 Å². The number of carbonyl (C=O) groups is 1. The number of benzene rings is 1. The Morgan fingerprint density at radius 1 is 1.53 bits per heavy atom. The van der Waals surface area contributed by atoms with Gasteiger partial charge < -0.3 is 14.8 Å². The molecule has 0 aliphatic heterocycles. The molecule has 0 atom stereocenters. The maximum absolute atomic E-state index is 13.3. The smallest absolute Gasteiger partial charge is 0.303 e. The van der Waals surface area contributed by atoms with Gasteiger partial charge in [0.1, 0.15) is 5.52 Å². The van der Waals surface area contributed by atoms with Crippen LogP contribution in [0.3, 0.4) is 0 Å². The van der Waals surface area contributed by atoms with Crippen molar-refractivity contribution in [3.8, 4) is 0 Å². The molecular formula is C11H11FN2O3. The van der Waals surface area contributed by atoms with E-state index in [2.05, 4.69) is 10.3 Å². The second-order valence-electron chi connectivity index (χ2n) is 3.53. The molecule has 1 aromatic heterocycles. The lowest BCUT2D eigenvalue weighted by Crippen LogP contribution is -2.04. The van der Waals surface area contributed by atoms with Gasteiger partial charge in [-0.25, -0.2) is 4.39 Å². The summed E-state index contributed by atoms with van der Waals surface area (Å²) in [7, 11) is 0. The minimum Gasteiger partial charge on any atom is -0.481 e. The Kier molecular flexibility index (Phi) is 3.22. The van der Waals surface area contributed by atoms with Crippen LogP contribution < -0.4 is 5.32 Å². The Balaban J connectivity index is 2.00. The lowest BCUT2D eigenvalue weighted by atomic mass is 10.3. The Morgan fingerprint density at radius 3 is 3.06 bits per heavy atom. The van der Waals surface area contributed by atoms with E-state index in [9.17, 15) is 9.18 Å². The molecule has 0 amide bonds. The van der Waals surface area contributed by atoms with E-state index in [4.69, 9.17) is 9.52 Å². The van der Waals surface area contributed by atoms with Crippen LogP contribution in [0.5, 0.6) is 0 Å². The highest BCUT2D eigenvalue weighted by Gasteiger charge is 2.08. The van der Waals surface area contributed by atoms with Crippen molar-refractivity contribution >= 4 is 23.1 Å². The molecule has 90 valence electrons. The maximum atomic E-state index is 13.3. The largest absolute Gasteiger partial charge is 0.481 e. The molecular weight excluding hydrogens is 227 g/mol. The van der Waals surface area contributed by atoms with Crippen LogP contribution in [-0.4, -0.2) is 22.6 Å². The zero-order valence-electron chi connectivity index (χ0n) is 8.94. The average Bonchev–Trinajstić information content (AvgIpc) is 2.69. The van der Waals surface area contributed by atoms with Crippen LogP contribution in [0.1, 0.15) is 12.8 Å². The highest BCUT2D eigenvalue weighted by atomic mass is 19.1. The lowest BCUT2D eigenvalue weighted by Gasteiger charge is -1.98. The SMILES string of the molecule is O=C(O)CCCNc1nc2c(F)cccc2o1. The van der Waals surface area contributed by atoms with Crippen LogP contribution in [0.4, 0.5) is 10.4 Å². The summed E-state index contributed by atoms with van der Waals surface area (Å²) in [5, 5.41) is 11.3. The van der Waals surface area contributed by atoms with E-state index in [1.165, 1.54) is 12.1 Å². The van der Waals surface area contributed by atoms with Crippen LogP contribution in [0.15, 0.2) is 22.6 Å². The summed E-state index contributed by atoms with van der Waals surface area (Å²) in [6.45, 7) is 0.417. The Bertz CT molecular complexity index is 538. The number of nitrogens with one attached hydrogen (secondary N) is 1. The van der Waals surface area contributed by atoms with Crippen molar-refractivity contribution in [3.05, 3.63) is 24.0 Å². The molecule has 2 aromatic rings. The van der Waals surface area contributed by atoms with Gasteiger partial charge in [-0.15, -0.1) is 0 Å². The fourth-order valence-corrected chi connectivity index (χ4v) is 1.43. The highest BCUT2D eigenvalue weighted by Crippen LogP contribution is 2.20. The number of halogens is 1.